The van der Waals surface area contributed by atoms with E-state index in [0.717, 1.165) is 0 Å². The van der Waals surface area contributed by atoms with Gasteiger partial charge in [-0.2, -0.15) is 0 Å². The first-order chi connectivity index (χ1) is 28.8. The first-order valence-electron chi connectivity index (χ1n) is 22.4. The molecule has 15 rings (SSSR count). The highest BCUT2D eigenvalue weighted by molar-refractivity contribution is 7.01. The molecule has 0 bridgehead atoms. The summed E-state index contributed by atoms with van der Waals surface area (Å²) in [5.74, 6) is 1.22. The quantitative estimate of drug-likeness (QED) is 0.156. The SMILES string of the molecule is c1ccc2c(c1)-c1ccccc1C21c2ccc3c4c2-n2c5c(cccc5c5cccc1c52)B4c1c2ccccc2cc2c(C4CCCCC4)c(C4CCCCC4)n-3c12. The van der Waals surface area contributed by atoms with Gasteiger partial charge in [-0.3, -0.25) is 0 Å². The number of hydrogen-bond acceptors (Lipinski definition) is 0. The molecule has 3 heteroatoms. The lowest BCUT2D eigenvalue weighted by atomic mass is 9.33. The maximum atomic E-state index is 2.92. The van der Waals surface area contributed by atoms with E-state index in [9.17, 15) is 0 Å². The van der Waals surface area contributed by atoms with Crippen molar-refractivity contribution < 1.29 is 0 Å². The molecule has 2 nitrogen and oxygen atoms in total. The molecule has 2 aromatic heterocycles. The van der Waals surface area contributed by atoms with E-state index in [0.29, 0.717) is 11.8 Å². The lowest BCUT2D eigenvalue weighted by molar-refractivity contribution is 0.413. The van der Waals surface area contributed by atoms with Crippen LogP contribution in [0.3, 0.4) is 0 Å². The van der Waals surface area contributed by atoms with Gasteiger partial charge in [0.15, 0.2) is 0 Å². The van der Waals surface area contributed by atoms with Crippen LogP contribution < -0.4 is 16.4 Å². The first kappa shape index (κ1) is 31.2. The van der Waals surface area contributed by atoms with Gasteiger partial charge in [0, 0.05) is 44.3 Å². The molecule has 9 aromatic rings. The minimum atomic E-state index is -0.423. The molecule has 1 spiro atoms. The Morgan fingerprint density at radius 1 is 0.466 bits per heavy atom. The number of para-hydroxylation sites is 2. The van der Waals surface area contributed by atoms with Crippen molar-refractivity contribution >= 4 is 66.6 Å². The van der Waals surface area contributed by atoms with Crippen LogP contribution in [0.4, 0.5) is 0 Å². The molecule has 0 N–H and O–H groups in total. The summed E-state index contributed by atoms with van der Waals surface area (Å²) >= 11 is 0. The molecular formula is C55H43BN2. The molecule has 0 saturated heterocycles. The van der Waals surface area contributed by atoms with Gasteiger partial charge in [-0.25, -0.2) is 0 Å². The van der Waals surface area contributed by atoms with Crippen molar-refractivity contribution in [1.29, 1.82) is 0 Å². The smallest absolute Gasteiger partial charge is 0.253 e. The Balaban J connectivity index is 1.19. The van der Waals surface area contributed by atoms with Gasteiger partial charge >= 0.3 is 0 Å². The molecule has 2 fully saturated rings. The summed E-state index contributed by atoms with van der Waals surface area (Å²) < 4.78 is 5.69. The van der Waals surface area contributed by atoms with Gasteiger partial charge in [-0.05, 0) is 116 Å². The van der Waals surface area contributed by atoms with Gasteiger partial charge in [0.25, 0.3) is 6.71 Å². The summed E-state index contributed by atoms with van der Waals surface area (Å²) in [4.78, 5) is 0. The van der Waals surface area contributed by atoms with Gasteiger partial charge in [0.05, 0.1) is 10.9 Å². The van der Waals surface area contributed by atoms with E-state index in [-0.39, 0.29) is 6.71 Å². The predicted molar refractivity (Wildman–Crippen MR) is 242 cm³/mol. The normalized spacial score (nSPS) is 18.3. The summed E-state index contributed by atoms with van der Waals surface area (Å²) in [7, 11) is 0. The number of benzene rings is 7. The number of aromatic nitrogens is 2. The standard InChI is InChI=1S/C55H43BN2/c1-3-15-32(16-4-1)47-40-31-34-19-7-8-20-35(34)48-53(40)57(50(47)33-17-5-2-6-18-33)46-30-29-44-54-49(46)56(48)45-28-14-24-39-38-23-13-27-43(51(38)58(54)52(39)45)55(44)41-25-11-9-21-36(41)37-22-10-12-26-42(37)55/h7-14,19-33H,1-6,15-18H2. The number of rotatable bonds is 2. The van der Waals surface area contributed by atoms with Gasteiger partial charge < -0.3 is 9.13 Å². The van der Waals surface area contributed by atoms with Crippen LogP contribution in [-0.4, -0.2) is 15.8 Å². The lowest BCUT2D eigenvalue weighted by Gasteiger charge is -2.44. The van der Waals surface area contributed by atoms with E-state index in [1.54, 1.807) is 22.1 Å². The Labute approximate surface area is 339 Å². The molecule has 0 radical (unpaired) electrons. The molecule has 276 valence electrons. The highest BCUT2D eigenvalue weighted by Crippen LogP contribution is 2.61. The Morgan fingerprint density at radius 2 is 1.10 bits per heavy atom. The molecule has 0 atom stereocenters. The maximum absolute atomic E-state index is 2.92. The summed E-state index contributed by atoms with van der Waals surface area (Å²) in [6.07, 6.45) is 13.4. The highest BCUT2D eigenvalue weighted by Gasteiger charge is 2.54. The summed E-state index contributed by atoms with van der Waals surface area (Å²) in [5, 5.41) is 7.15. The molecule has 5 heterocycles. The molecule has 0 unspecified atom stereocenters. The van der Waals surface area contributed by atoms with Crippen molar-refractivity contribution in [2.75, 3.05) is 0 Å². The van der Waals surface area contributed by atoms with Crippen LogP contribution >= 0.6 is 0 Å². The third kappa shape index (κ3) is 3.43. The van der Waals surface area contributed by atoms with Crippen molar-refractivity contribution in [3.8, 4) is 22.5 Å². The third-order valence-electron chi connectivity index (χ3n) is 16.2. The second-order valence-corrected chi connectivity index (χ2v) is 18.7. The Hall–Kier alpha value is -5.80. The zero-order chi connectivity index (χ0) is 37.4. The van der Waals surface area contributed by atoms with Crippen molar-refractivity contribution in [1.82, 2.24) is 9.13 Å². The topological polar surface area (TPSA) is 9.86 Å². The monoisotopic (exact) mass is 742 g/mol. The fourth-order valence-corrected chi connectivity index (χ4v) is 14.3. The zero-order valence-corrected chi connectivity index (χ0v) is 32.8. The van der Waals surface area contributed by atoms with Crippen molar-refractivity contribution in [2.45, 2.75) is 81.5 Å². The van der Waals surface area contributed by atoms with Crippen LogP contribution in [0.1, 0.15) is 110 Å². The predicted octanol–water partition coefficient (Wildman–Crippen LogP) is 11.8. The van der Waals surface area contributed by atoms with Crippen LogP contribution in [0.25, 0.3) is 66.0 Å². The largest absolute Gasteiger partial charge is 0.314 e. The van der Waals surface area contributed by atoms with Crippen molar-refractivity contribution in [3.05, 3.63) is 161 Å². The lowest BCUT2D eigenvalue weighted by Crippen LogP contribution is -2.60. The summed E-state index contributed by atoms with van der Waals surface area (Å²) in [6.45, 7) is 0.130. The van der Waals surface area contributed by atoms with E-state index in [4.69, 9.17) is 0 Å². The van der Waals surface area contributed by atoms with Crippen LogP contribution in [0.5, 0.6) is 0 Å². The number of nitrogens with zero attached hydrogens (tertiary/aromatic N) is 2. The molecular weight excluding hydrogens is 699 g/mol. The molecule has 58 heavy (non-hydrogen) atoms. The van der Waals surface area contributed by atoms with Crippen molar-refractivity contribution in [3.63, 3.8) is 0 Å². The fraction of sp³-hybridized carbons (Fsp3) is 0.236. The maximum Gasteiger partial charge on any atom is 0.253 e. The first-order valence-corrected chi connectivity index (χ1v) is 22.4. The second kappa shape index (κ2) is 10.8. The average molecular weight is 743 g/mol. The Bertz CT molecular complexity index is 3280. The Kier molecular flexibility index (Phi) is 5.83. The van der Waals surface area contributed by atoms with E-state index in [1.807, 2.05) is 0 Å². The minimum Gasteiger partial charge on any atom is -0.314 e. The van der Waals surface area contributed by atoms with Gasteiger partial charge in [-0.1, -0.05) is 154 Å². The van der Waals surface area contributed by atoms with E-state index in [2.05, 4.69) is 137 Å². The van der Waals surface area contributed by atoms with Gasteiger partial charge in [-0.15, -0.1) is 0 Å². The van der Waals surface area contributed by atoms with E-state index < -0.39 is 5.41 Å². The van der Waals surface area contributed by atoms with Crippen LogP contribution in [0.15, 0.2) is 127 Å². The molecule has 3 aliphatic heterocycles. The highest BCUT2D eigenvalue weighted by atomic mass is 15.1. The average Bonchev–Trinajstić information content (AvgIpc) is 3.92. The molecule has 2 saturated carbocycles. The van der Waals surface area contributed by atoms with Crippen molar-refractivity contribution in [2.24, 2.45) is 0 Å². The molecule has 3 aliphatic carbocycles. The fourth-order valence-electron chi connectivity index (χ4n) is 14.3. The van der Waals surface area contributed by atoms with Gasteiger partial charge in [0.2, 0.25) is 0 Å². The summed E-state index contributed by atoms with van der Waals surface area (Å²) in [6, 6.07) is 50.5. The molecule has 6 aliphatic rings. The van der Waals surface area contributed by atoms with Crippen LogP contribution in [0.2, 0.25) is 0 Å². The second-order valence-electron chi connectivity index (χ2n) is 18.7. The zero-order valence-electron chi connectivity index (χ0n) is 32.8. The molecule has 0 amide bonds. The molecule has 7 aromatic carbocycles. The van der Waals surface area contributed by atoms with Crippen LogP contribution in [-0.2, 0) is 5.41 Å². The van der Waals surface area contributed by atoms with E-state index >= 15 is 0 Å². The number of fused-ring (bicyclic) bond motifs is 13. The summed E-state index contributed by atoms with van der Waals surface area (Å²) in [5.41, 5.74) is 23.2. The van der Waals surface area contributed by atoms with Gasteiger partial charge in [0.1, 0.15) is 0 Å². The minimum absolute atomic E-state index is 0.130. The van der Waals surface area contributed by atoms with E-state index in [1.165, 1.54) is 158 Å². The number of hydrogen-bond donors (Lipinski definition) is 0. The van der Waals surface area contributed by atoms with Crippen LogP contribution in [0, 0.1) is 0 Å². The third-order valence-corrected chi connectivity index (χ3v) is 16.2. The Morgan fingerprint density at radius 3 is 1.88 bits per heavy atom.